The van der Waals surface area contributed by atoms with Crippen molar-refractivity contribution in [3.8, 4) is 11.4 Å². The molecule has 1 fully saturated rings. The zero-order valence-corrected chi connectivity index (χ0v) is 11.6. The van der Waals surface area contributed by atoms with Gasteiger partial charge in [0, 0.05) is 34.8 Å². The molecule has 102 valence electrons. The zero-order valence-electron chi connectivity index (χ0n) is 10.7. The fraction of sp³-hybridized carbons (Fsp3) is 0.385. The molecule has 0 bridgehead atoms. The SMILES string of the molecule is O=C(c1cscc1-c1nn[nH]n1)N1CC2(CC=CC2)C1. The van der Waals surface area contributed by atoms with E-state index in [1.807, 2.05) is 15.7 Å². The summed E-state index contributed by atoms with van der Waals surface area (Å²) in [5.41, 5.74) is 1.76. The molecule has 2 aromatic heterocycles. The number of likely N-dealkylation sites (tertiary alicyclic amines) is 1. The molecule has 3 heterocycles. The molecule has 4 rings (SSSR count). The molecule has 1 N–H and O–H groups in total. The number of allylic oxidation sites excluding steroid dienone is 2. The Morgan fingerprint density at radius 2 is 2.10 bits per heavy atom. The lowest BCUT2D eigenvalue weighted by molar-refractivity contribution is 0.0124. The number of tetrazole rings is 1. The van der Waals surface area contributed by atoms with Crippen LogP contribution in [0.25, 0.3) is 11.4 Å². The minimum atomic E-state index is 0.0728. The number of amides is 1. The van der Waals surface area contributed by atoms with E-state index in [-0.39, 0.29) is 5.91 Å². The van der Waals surface area contributed by atoms with Gasteiger partial charge >= 0.3 is 0 Å². The molecule has 7 heteroatoms. The fourth-order valence-corrected chi connectivity index (χ4v) is 3.80. The first-order chi connectivity index (χ1) is 9.77. The number of aromatic nitrogens is 4. The molecule has 1 saturated heterocycles. The van der Waals surface area contributed by atoms with Crippen molar-refractivity contribution in [1.82, 2.24) is 25.5 Å². The Kier molecular flexibility index (Phi) is 2.50. The molecule has 0 saturated carbocycles. The first kappa shape index (κ1) is 11.8. The number of hydrogen-bond donors (Lipinski definition) is 1. The van der Waals surface area contributed by atoms with Crippen LogP contribution in [0.15, 0.2) is 22.9 Å². The molecular weight excluding hydrogens is 274 g/mol. The highest BCUT2D eigenvalue weighted by molar-refractivity contribution is 7.08. The summed E-state index contributed by atoms with van der Waals surface area (Å²) in [4.78, 5) is 14.5. The summed E-state index contributed by atoms with van der Waals surface area (Å²) >= 11 is 1.49. The van der Waals surface area contributed by atoms with Crippen LogP contribution in [0.5, 0.6) is 0 Å². The Bertz CT molecular complexity index is 659. The Hall–Kier alpha value is -2.02. The number of hydrogen-bond acceptors (Lipinski definition) is 5. The third-order valence-electron chi connectivity index (χ3n) is 4.09. The normalized spacial score (nSPS) is 19.5. The Morgan fingerprint density at radius 1 is 1.30 bits per heavy atom. The average molecular weight is 287 g/mol. The van der Waals surface area contributed by atoms with Gasteiger partial charge in [-0.2, -0.15) is 16.6 Å². The Morgan fingerprint density at radius 3 is 2.80 bits per heavy atom. The third kappa shape index (κ3) is 1.70. The highest BCUT2D eigenvalue weighted by Crippen LogP contribution is 2.43. The monoisotopic (exact) mass is 287 g/mol. The highest BCUT2D eigenvalue weighted by atomic mass is 32.1. The number of rotatable bonds is 2. The molecule has 1 aliphatic heterocycles. The summed E-state index contributed by atoms with van der Waals surface area (Å²) in [5.74, 6) is 0.552. The first-order valence-corrected chi connectivity index (χ1v) is 7.46. The highest BCUT2D eigenvalue weighted by Gasteiger charge is 2.45. The summed E-state index contributed by atoms with van der Waals surface area (Å²) < 4.78 is 0. The van der Waals surface area contributed by atoms with Crippen molar-refractivity contribution in [2.75, 3.05) is 13.1 Å². The second kappa shape index (κ2) is 4.24. The molecule has 0 atom stereocenters. The van der Waals surface area contributed by atoms with Gasteiger partial charge in [-0.3, -0.25) is 4.79 Å². The number of carbonyl (C=O) groups excluding carboxylic acids is 1. The van der Waals surface area contributed by atoms with E-state index in [1.165, 1.54) is 11.3 Å². The van der Waals surface area contributed by atoms with Crippen LogP contribution in [0.1, 0.15) is 23.2 Å². The summed E-state index contributed by atoms with van der Waals surface area (Å²) in [6.45, 7) is 1.70. The van der Waals surface area contributed by atoms with Gasteiger partial charge in [-0.05, 0) is 18.1 Å². The fourth-order valence-electron chi connectivity index (χ4n) is 3.00. The van der Waals surface area contributed by atoms with Crippen LogP contribution < -0.4 is 0 Å². The minimum absolute atomic E-state index is 0.0728. The lowest BCUT2D eigenvalue weighted by Gasteiger charge is -2.48. The predicted molar refractivity (Wildman–Crippen MR) is 74.2 cm³/mol. The van der Waals surface area contributed by atoms with Crippen molar-refractivity contribution in [1.29, 1.82) is 0 Å². The van der Waals surface area contributed by atoms with Gasteiger partial charge in [-0.15, -0.1) is 10.2 Å². The van der Waals surface area contributed by atoms with Crippen LogP contribution >= 0.6 is 11.3 Å². The Balaban J connectivity index is 1.54. The molecule has 0 unspecified atom stereocenters. The van der Waals surface area contributed by atoms with E-state index in [4.69, 9.17) is 0 Å². The standard InChI is InChI=1S/C13H13N5OS/c19-12(18-7-13(8-18)3-1-2-4-13)10-6-20-5-9(10)11-14-16-17-15-11/h1-2,5-6H,3-4,7-8H2,(H,14,15,16,17). The molecular formula is C13H13N5OS. The van der Waals surface area contributed by atoms with Crippen LogP contribution in [0.4, 0.5) is 0 Å². The van der Waals surface area contributed by atoms with Crippen molar-refractivity contribution in [3.05, 3.63) is 28.5 Å². The topological polar surface area (TPSA) is 74.8 Å². The smallest absolute Gasteiger partial charge is 0.255 e. The molecule has 6 nitrogen and oxygen atoms in total. The number of aromatic amines is 1. The van der Waals surface area contributed by atoms with Crippen LogP contribution in [0, 0.1) is 5.41 Å². The van der Waals surface area contributed by atoms with E-state index >= 15 is 0 Å². The first-order valence-electron chi connectivity index (χ1n) is 6.52. The van der Waals surface area contributed by atoms with E-state index < -0.39 is 0 Å². The van der Waals surface area contributed by atoms with Crippen molar-refractivity contribution < 1.29 is 4.79 Å². The number of carbonyl (C=O) groups is 1. The molecule has 20 heavy (non-hydrogen) atoms. The lowest BCUT2D eigenvalue weighted by Crippen LogP contribution is -2.57. The van der Waals surface area contributed by atoms with Gasteiger partial charge in [0.2, 0.25) is 5.82 Å². The second-order valence-corrected chi connectivity index (χ2v) is 6.22. The van der Waals surface area contributed by atoms with Gasteiger partial charge in [0.15, 0.2) is 0 Å². The summed E-state index contributed by atoms with van der Waals surface area (Å²) in [5, 5.41) is 17.6. The van der Waals surface area contributed by atoms with Gasteiger partial charge in [-0.1, -0.05) is 12.2 Å². The van der Waals surface area contributed by atoms with Crippen molar-refractivity contribution >= 4 is 17.2 Å². The number of nitrogens with zero attached hydrogens (tertiary/aromatic N) is 4. The van der Waals surface area contributed by atoms with Gasteiger partial charge in [-0.25, -0.2) is 0 Å². The Labute approximate surface area is 119 Å². The van der Waals surface area contributed by atoms with E-state index in [0.717, 1.165) is 31.5 Å². The number of thiophene rings is 1. The van der Waals surface area contributed by atoms with Crippen LogP contribution in [0.2, 0.25) is 0 Å². The van der Waals surface area contributed by atoms with Crippen LogP contribution in [0.3, 0.4) is 0 Å². The van der Waals surface area contributed by atoms with E-state index in [1.54, 1.807) is 0 Å². The average Bonchev–Trinajstić information content (AvgIpc) is 3.14. The predicted octanol–water partition coefficient (Wildman–Crippen LogP) is 1.72. The van der Waals surface area contributed by atoms with E-state index in [9.17, 15) is 4.79 Å². The van der Waals surface area contributed by atoms with Crippen molar-refractivity contribution in [2.24, 2.45) is 5.41 Å². The minimum Gasteiger partial charge on any atom is -0.337 e. The molecule has 1 spiro atoms. The maximum atomic E-state index is 12.6. The van der Waals surface area contributed by atoms with E-state index in [0.29, 0.717) is 16.8 Å². The molecule has 0 radical (unpaired) electrons. The quantitative estimate of drug-likeness (QED) is 0.853. The molecule has 1 aliphatic carbocycles. The lowest BCUT2D eigenvalue weighted by atomic mass is 9.77. The number of H-pyrrole nitrogens is 1. The molecule has 0 aromatic carbocycles. The van der Waals surface area contributed by atoms with Crippen molar-refractivity contribution in [3.63, 3.8) is 0 Å². The molecule has 1 amide bonds. The zero-order chi connectivity index (χ0) is 13.6. The maximum absolute atomic E-state index is 12.6. The van der Waals surface area contributed by atoms with Crippen LogP contribution in [-0.2, 0) is 0 Å². The van der Waals surface area contributed by atoms with E-state index in [2.05, 4.69) is 32.8 Å². The summed E-state index contributed by atoms with van der Waals surface area (Å²) in [7, 11) is 0. The van der Waals surface area contributed by atoms with Gasteiger partial charge < -0.3 is 4.90 Å². The van der Waals surface area contributed by atoms with Crippen LogP contribution in [-0.4, -0.2) is 44.5 Å². The van der Waals surface area contributed by atoms with Gasteiger partial charge in [0.05, 0.1) is 5.56 Å². The summed E-state index contributed by atoms with van der Waals surface area (Å²) in [6.07, 6.45) is 6.63. The maximum Gasteiger partial charge on any atom is 0.255 e. The second-order valence-electron chi connectivity index (χ2n) is 5.48. The molecule has 2 aliphatic rings. The third-order valence-corrected chi connectivity index (χ3v) is 4.83. The largest absolute Gasteiger partial charge is 0.337 e. The van der Waals surface area contributed by atoms with Gasteiger partial charge in [0.1, 0.15) is 0 Å². The van der Waals surface area contributed by atoms with Gasteiger partial charge in [0.25, 0.3) is 5.91 Å². The summed E-state index contributed by atoms with van der Waals surface area (Å²) in [6, 6.07) is 0. The van der Waals surface area contributed by atoms with Crippen molar-refractivity contribution in [2.45, 2.75) is 12.8 Å². The molecule has 2 aromatic rings. The number of nitrogens with one attached hydrogen (secondary N) is 1.